The van der Waals surface area contributed by atoms with Crippen LogP contribution in [0.1, 0.15) is 63.2 Å². The van der Waals surface area contributed by atoms with Crippen molar-refractivity contribution in [2.45, 2.75) is 63.6 Å². The van der Waals surface area contributed by atoms with Gasteiger partial charge in [0.2, 0.25) is 0 Å². The van der Waals surface area contributed by atoms with Crippen LogP contribution in [-0.2, 0) is 22.4 Å². The van der Waals surface area contributed by atoms with Gasteiger partial charge in [0.1, 0.15) is 17.0 Å². The van der Waals surface area contributed by atoms with E-state index in [2.05, 4.69) is 15.2 Å². The van der Waals surface area contributed by atoms with Crippen molar-refractivity contribution in [2.24, 2.45) is 21.5 Å². The lowest BCUT2D eigenvalue weighted by Crippen LogP contribution is -2.24. The molecule has 1 saturated carbocycles. The molecule has 1 aliphatic carbocycles. The number of pyridine rings is 2. The lowest BCUT2D eigenvalue weighted by molar-refractivity contribution is -0.137. The van der Waals surface area contributed by atoms with Crippen LogP contribution in [0.2, 0.25) is 0 Å². The molecule has 0 saturated heterocycles. The van der Waals surface area contributed by atoms with Gasteiger partial charge in [-0.05, 0) is 44.2 Å². The van der Waals surface area contributed by atoms with Gasteiger partial charge in [-0.15, -0.1) is 0 Å². The minimum atomic E-state index is -4.50. The number of hydrogen-bond acceptors (Lipinski definition) is 7. The molecule has 11 heteroatoms. The first-order valence-corrected chi connectivity index (χ1v) is 13.0. The molecule has 35 heavy (non-hydrogen) atoms. The number of fused-ring (bicyclic) bond motifs is 2. The van der Waals surface area contributed by atoms with Gasteiger partial charge < -0.3 is 4.74 Å². The SMILES string of the molecule is CCS(=O)(=O)c1cc2c(nc1C1=NN=C(c3cc(C(F)(F)F)ccn3)CC3(C)CC13)CC(C)(C)O2. The summed E-state index contributed by atoms with van der Waals surface area (Å²) in [5, 5.41) is 8.68. The summed E-state index contributed by atoms with van der Waals surface area (Å²) in [5.74, 6) is 0.194. The molecule has 4 heterocycles. The first-order chi connectivity index (χ1) is 16.2. The lowest BCUT2D eigenvalue weighted by atomic mass is 9.94. The van der Waals surface area contributed by atoms with E-state index in [9.17, 15) is 21.6 Å². The number of halogens is 3. The molecule has 0 N–H and O–H groups in total. The lowest BCUT2D eigenvalue weighted by Gasteiger charge is -2.16. The molecule has 1 fully saturated rings. The molecule has 0 bridgehead atoms. The van der Waals surface area contributed by atoms with Crippen molar-refractivity contribution in [3.8, 4) is 5.75 Å². The molecule has 2 aromatic heterocycles. The van der Waals surface area contributed by atoms with E-state index in [0.29, 0.717) is 42.1 Å². The van der Waals surface area contributed by atoms with Crippen LogP contribution in [0.5, 0.6) is 5.75 Å². The van der Waals surface area contributed by atoms with Gasteiger partial charge in [0, 0.05) is 24.6 Å². The maximum Gasteiger partial charge on any atom is 0.416 e. The van der Waals surface area contributed by atoms with Gasteiger partial charge in [-0.25, -0.2) is 13.4 Å². The van der Waals surface area contributed by atoms with E-state index in [1.165, 1.54) is 6.07 Å². The maximum atomic E-state index is 13.2. The maximum absolute atomic E-state index is 13.2. The Bertz CT molecular complexity index is 1400. The van der Waals surface area contributed by atoms with E-state index in [0.717, 1.165) is 18.3 Å². The Morgan fingerprint density at radius 1 is 1.14 bits per heavy atom. The number of ether oxygens (including phenoxy) is 1. The molecular formula is C24H25F3N4O3S. The third kappa shape index (κ3) is 4.23. The Labute approximate surface area is 201 Å². The van der Waals surface area contributed by atoms with E-state index < -0.39 is 27.2 Å². The van der Waals surface area contributed by atoms with Gasteiger partial charge in [0.05, 0.1) is 39.0 Å². The zero-order valence-electron chi connectivity index (χ0n) is 19.8. The van der Waals surface area contributed by atoms with E-state index in [1.807, 2.05) is 20.8 Å². The number of sulfone groups is 1. The van der Waals surface area contributed by atoms with Gasteiger partial charge in [0.15, 0.2) is 9.84 Å². The molecule has 5 rings (SSSR count). The summed E-state index contributed by atoms with van der Waals surface area (Å²) < 4.78 is 71.7. The van der Waals surface area contributed by atoms with Gasteiger partial charge in [0.25, 0.3) is 0 Å². The third-order valence-electron chi connectivity index (χ3n) is 6.88. The van der Waals surface area contributed by atoms with Gasteiger partial charge >= 0.3 is 6.18 Å². The largest absolute Gasteiger partial charge is 0.485 e. The average Bonchev–Trinajstić information content (AvgIpc) is 3.35. The Balaban J connectivity index is 1.64. The van der Waals surface area contributed by atoms with E-state index in [4.69, 9.17) is 9.72 Å². The van der Waals surface area contributed by atoms with E-state index in [1.54, 1.807) is 6.92 Å². The Morgan fingerprint density at radius 2 is 1.89 bits per heavy atom. The molecule has 0 amide bonds. The summed E-state index contributed by atoms with van der Waals surface area (Å²) in [5.41, 5.74) is 0.122. The highest BCUT2D eigenvalue weighted by atomic mass is 32.2. The minimum Gasteiger partial charge on any atom is -0.485 e. The van der Waals surface area contributed by atoms with E-state index >= 15 is 0 Å². The second-order valence-corrected chi connectivity index (χ2v) is 12.5. The van der Waals surface area contributed by atoms with Crippen LogP contribution < -0.4 is 4.74 Å². The summed E-state index contributed by atoms with van der Waals surface area (Å²) in [4.78, 5) is 8.86. The van der Waals surface area contributed by atoms with Crippen LogP contribution in [0.15, 0.2) is 39.5 Å². The summed E-state index contributed by atoms with van der Waals surface area (Å²) in [6.45, 7) is 7.36. The molecule has 0 radical (unpaired) electrons. The predicted octanol–water partition coefficient (Wildman–Crippen LogP) is 4.63. The highest BCUT2D eigenvalue weighted by Crippen LogP contribution is 2.58. The smallest absolute Gasteiger partial charge is 0.416 e. The van der Waals surface area contributed by atoms with Crippen molar-refractivity contribution in [1.82, 2.24) is 9.97 Å². The fraction of sp³-hybridized carbons (Fsp3) is 0.500. The van der Waals surface area contributed by atoms with Crippen molar-refractivity contribution in [2.75, 3.05) is 5.75 Å². The summed E-state index contributed by atoms with van der Waals surface area (Å²) in [6, 6.07) is 3.41. The van der Waals surface area contributed by atoms with Crippen molar-refractivity contribution in [3.63, 3.8) is 0 Å². The summed E-state index contributed by atoms with van der Waals surface area (Å²) in [7, 11) is -3.67. The van der Waals surface area contributed by atoms with Crippen LogP contribution in [0.4, 0.5) is 13.2 Å². The number of alkyl halides is 3. The molecule has 0 spiro atoms. The van der Waals surface area contributed by atoms with Gasteiger partial charge in [-0.2, -0.15) is 23.4 Å². The monoisotopic (exact) mass is 506 g/mol. The van der Waals surface area contributed by atoms with Crippen molar-refractivity contribution < 1.29 is 26.3 Å². The fourth-order valence-corrected chi connectivity index (χ4v) is 5.84. The van der Waals surface area contributed by atoms with Crippen LogP contribution >= 0.6 is 0 Å². The summed E-state index contributed by atoms with van der Waals surface area (Å²) >= 11 is 0. The number of hydrogen-bond donors (Lipinski definition) is 0. The number of rotatable bonds is 4. The molecular weight excluding hydrogens is 481 g/mol. The predicted molar refractivity (Wildman–Crippen MR) is 124 cm³/mol. The van der Waals surface area contributed by atoms with Crippen molar-refractivity contribution in [1.29, 1.82) is 0 Å². The molecule has 3 aliphatic rings. The third-order valence-corrected chi connectivity index (χ3v) is 8.62. The molecule has 186 valence electrons. The molecule has 2 unspecified atom stereocenters. The second kappa shape index (κ2) is 7.59. The highest BCUT2D eigenvalue weighted by molar-refractivity contribution is 7.91. The minimum absolute atomic E-state index is 0.0419. The van der Waals surface area contributed by atoms with Crippen LogP contribution in [-0.4, -0.2) is 41.2 Å². The highest BCUT2D eigenvalue weighted by Gasteiger charge is 2.56. The van der Waals surface area contributed by atoms with Crippen LogP contribution in [0, 0.1) is 11.3 Å². The quantitative estimate of drug-likeness (QED) is 0.603. The van der Waals surface area contributed by atoms with E-state index in [-0.39, 0.29) is 33.4 Å². The molecule has 2 aromatic rings. The molecule has 7 nitrogen and oxygen atoms in total. The Kier molecular flexibility index (Phi) is 5.18. The van der Waals surface area contributed by atoms with Gasteiger partial charge in [-0.1, -0.05) is 13.8 Å². The van der Waals surface area contributed by atoms with Gasteiger partial charge in [-0.3, -0.25) is 4.98 Å². The standard InChI is InChI=1S/C24H25F3N4O3S/c1-5-35(32,33)19-9-18-17(11-22(2,3)34-18)29-21(19)20-14-10-23(14,4)12-16(30-31-20)15-8-13(6-7-28-15)24(25,26)27/h6-9,14H,5,10-12H2,1-4H3. The van der Waals surface area contributed by atoms with Crippen molar-refractivity contribution >= 4 is 21.3 Å². The topological polar surface area (TPSA) is 93.9 Å². The van der Waals surface area contributed by atoms with Crippen LogP contribution in [0.25, 0.3) is 0 Å². The Morgan fingerprint density at radius 3 is 2.57 bits per heavy atom. The van der Waals surface area contributed by atoms with Crippen LogP contribution in [0.3, 0.4) is 0 Å². The molecule has 2 aliphatic heterocycles. The average molecular weight is 507 g/mol. The van der Waals surface area contributed by atoms with Crippen molar-refractivity contribution in [3.05, 3.63) is 47.0 Å². The number of nitrogens with zero attached hydrogens (tertiary/aromatic N) is 4. The fourth-order valence-electron chi connectivity index (χ4n) is 4.79. The zero-order chi connectivity index (χ0) is 25.4. The zero-order valence-corrected chi connectivity index (χ0v) is 20.6. The Hall–Kier alpha value is -2.82. The second-order valence-electron chi connectivity index (χ2n) is 10.3. The molecule has 2 atom stereocenters. The number of aromatic nitrogens is 2. The summed E-state index contributed by atoms with van der Waals surface area (Å²) in [6.07, 6.45) is -1.82. The normalized spacial score (nSPS) is 25.1. The first kappa shape index (κ1) is 23.9. The first-order valence-electron chi connectivity index (χ1n) is 11.4. The molecule has 0 aromatic carbocycles.